The molecule has 1 aliphatic rings. The number of carbonyl (C=O) groups excluding carboxylic acids is 10. The second-order valence-electron chi connectivity index (χ2n) is 20.3. The fourth-order valence-corrected chi connectivity index (χ4v) is 8.34. The highest BCUT2D eigenvalue weighted by molar-refractivity contribution is 6.00. The molecule has 0 aromatic heterocycles. The highest BCUT2D eigenvalue weighted by Gasteiger charge is 2.38. The zero-order valence-corrected chi connectivity index (χ0v) is 47.3. The summed E-state index contributed by atoms with van der Waals surface area (Å²) in [6.45, 7) is 12.3. The number of phenols is 1. The third kappa shape index (κ3) is 24.5. The van der Waals surface area contributed by atoms with E-state index in [4.69, 9.17) is 11.5 Å². The van der Waals surface area contributed by atoms with E-state index in [1.54, 1.807) is 12.1 Å². The molecular weight excluding hydrogens is 1090 g/mol. The third-order valence-electron chi connectivity index (χ3n) is 13.1. The van der Waals surface area contributed by atoms with Crippen LogP contribution in [-0.4, -0.2) is 226 Å². The number of benzene rings is 2. The van der Waals surface area contributed by atoms with E-state index < -0.39 is 145 Å². The van der Waals surface area contributed by atoms with Gasteiger partial charge in [0.05, 0.1) is 37.4 Å². The van der Waals surface area contributed by atoms with Gasteiger partial charge in [-0.15, -0.1) is 0 Å². The van der Waals surface area contributed by atoms with Crippen molar-refractivity contribution < 1.29 is 78.6 Å². The van der Waals surface area contributed by atoms with E-state index in [0.29, 0.717) is 12.1 Å². The van der Waals surface area contributed by atoms with Crippen LogP contribution in [0.1, 0.15) is 75.4 Å². The molecule has 462 valence electrons. The van der Waals surface area contributed by atoms with Gasteiger partial charge >= 0.3 is 0 Å². The van der Waals surface area contributed by atoms with E-state index in [9.17, 15) is 78.6 Å². The van der Waals surface area contributed by atoms with Gasteiger partial charge in [-0.2, -0.15) is 0 Å². The Labute approximate surface area is 480 Å². The number of hydrogen-bond acceptors (Lipinski definition) is 20. The van der Waals surface area contributed by atoms with Crippen molar-refractivity contribution in [2.75, 3.05) is 59.0 Å². The van der Waals surface area contributed by atoms with Gasteiger partial charge < -0.3 is 101 Å². The van der Waals surface area contributed by atoms with Crippen LogP contribution in [0.5, 0.6) is 5.75 Å². The van der Waals surface area contributed by atoms with Crippen molar-refractivity contribution in [3.05, 3.63) is 65.2 Å². The van der Waals surface area contributed by atoms with Crippen molar-refractivity contribution in [3.8, 4) is 5.75 Å². The van der Waals surface area contributed by atoms with Crippen molar-refractivity contribution in [2.24, 2.45) is 11.5 Å². The van der Waals surface area contributed by atoms with E-state index in [1.807, 2.05) is 12.1 Å². The number of nitrogens with zero attached hydrogens (tertiary/aromatic N) is 1. The summed E-state index contributed by atoms with van der Waals surface area (Å²) in [5.41, 5.74) is 12.3. The molecule has 0 aliphatic carbocycles. The predicted octanol–water partition coefficient (Wildman–Crippen LogP) is -7.61. The smallest absolute Gasteiger partial charge is 0.251 e. The lowest BCUT2D eigenvalue weighted by atomic mass is 10.0. The lowest BCUT2D eigenvalue weighted by Crippen LogP contribution is -2.64. The Balaban J connectivity index is 1.67. The Kier molecular flexibility index (Phi) is 29.9. The molecule has 2 aromatic rings. The Morgan fingerprint density at radius 3 is 1.43 bits per heavy atom. The summed E-state index contributed by atoms with van der Waals surface area (Å²) in [6, 6.07) is -1.93. The highest BCUT2D eigenvalue weighted by Crippen LogP contribution is 2.14. The first-order chi connectivity index (χ1) is 39.2. The Hall–Kier alpha value is -7.42. The summed E-state index contributed by atoms with van der Waals surface area (Å²) in [6.07, 6.45) is -6.12. The summed E-state index contributed by atoms with van der Waals surface area (Å²) in [5.74, 6) is -11.5. The summed E-state index contributed by atoms with van der Waals surface area (Å²) in [4.78, 5) is 135. The molecule has 3 rings (SSSR count). The molecule has 0 radical (unpaired) electrons. The summed E-state index contributed by atoms with van der Waals surface area (Å²) in [7, 11) is 0. The van der Waals surface area contributed by atoms with Gasteiger partial charge in [-0.05, 0) is 109 Å². The number of amides is 10. The molecule has 30 heteroatoms. The van der Waals surface area contributed by atoms with Gasteiger partial charge in [-0.1, -0.05) is 24.3 Å². The second kappa shape index (κ2) is 35.5. The van der Waals surface area contributed by atoms with Crippen LogP contribution >= 0.6 is 0 Å². The molecule has 0 unspecified atom stereocenters. The number of aliphatic hydroxyl groups excluding tert-OH is 5. The molecule has 0 saturated carbocycles. The van der Waals surface area contributed by atoms with Crippen LogP contribution < -0.4 is 70.0 Å². The third-order valence-corrected chi connectivity index (χ3v) is 13.1. The minimum absolute atomic E-state index is 0.142. The molecule has 21 N–H and O–H groups in total. The number of hydrogen-bond donors (Lipinski definition) is 19. The van der Waals surface area contributed by atoms with Crippen molar-refractivity contribution >= 4 is 59.1 Å². The quantitative estimate of drug-likeness (QED) is 0.0376. The molecule has 1 fully saturated rings. The van der Waals surface area contributed by atoms with Crippen LogP contribution in [-0.2, 0) is 56.1 Å². The van der Waals surface area contributed by atoms with Gasteiger partial charge in [-0.3, -0.25) is 52.8 Å². The highest BCUT2D eigenvalue weighted by atomic mass is 16.3. The Bertz CT molecular complexity index is 2450. The molecule has 1 aliphatic heterocycles. The number of rotatable bonds is 28. The number of carbonyl (C=O) groups is 10. The van der Waals surface area contributed by atoms with E-state index in [2.05, 4.69) is 63.4 Å². The number of primary amides is 2. The van der Waals surface area contributed by atoms with Crippen LogP contribution in [0.3, 0.4) is 0 Å². The Morgan fingerprint density at radius 2 is 0.928 bits per heavy atom. The summed E-state index contributed by atoms with van der Waals surface area (Å²) >= 11 is 0. The lowest BCUT2D eigenvalue weighted by molar-refractivity contribution is -0.139. The summed E-state index contributed by atoms with van der Waals surface area (Å²) < 4.78 is 0. The maximum atomic E-state index is 13.8. The number of nitrogens with one attached hydrogen (secondary N) is 11. The lowest BCUT2D eigenvalue weighted by Gasteiger charge is -2.29. The number of aliphatic hydroxyl groups is 5. The van der Waals surface area contributed by atoms with Crippen LogP contribution in [0.2, 0.25) is 0 Å². The standard InChI is InChI=1S/C53H84N14O16/c1-28(59-47(77)35-12-8-34(9-13-35)26-67-22-7-18-57-20-19-56-16-6-17-58-21-23-67)46(76)62-39(27-68)50(80)64-43(31(4)71)52(82)66-44(32(5)72)53(83)65-42(30(3)70)51(81)61-38(25-40(54)74)48(78)60-37(24-33-10-14-36(73)15-11-33)49(79)63-41(29(2)69)45(55)75/h8-15,28-32,37-39,41-44,56-58,68-73H,6-7,16-27H2,1-5H3,(H2,54,74)(H2,55,75)(H,59,77)(H,60,78)(H,61,81)(H,62,76)(H,63,79)(H,64,80)(H,65,83)(H,66,82)/t28-,29-,30-,31-,32-,37+,38+,39+,41+,42+,43+,44+/m1/s1. The Morgan fingerprint density at radius 1 is 0.494 bits per heavy atom. The largest absolute Gasteiger partial charge is 0.508 e. The number of aromatic hydroxyl groups is 1. The number of nitrogens with two attached hydrogens (primary N) is 2. The van der Waals surface area contributed by atoms with Crippen molar-refractivity contribution in [3.63, 3.8) is 0 Å². The van der Waals surface area contributed by atoms with Gasteiger partial charge in [0.25, 0.3) is 5.91 Å². The fourth-order valence-electron chi connectivity index (χ4n) is 8.34. The zero-order chi connectivity index (χ0) is 61.9. The normalized spacial score (nSPS) is 18.0. The molecule has 1 saturated heterocycles. The molecular formula is C53H84N14O16. The van der Waals surface area contributed by atoms with Crippen molar-refractivity contribution in [1.82, 2.24) is 63.4 Å². The van der Waals surface area contributed by atoms with Gasteiger partial charge in [-0.25, -0.2) is 0 Å². The topological polar surface area (TPSA) is 480 Å². The minimum Gasteiger partial charge on any atom is -0.508 e. The molecule has 10 amide bonds. The molecule has 12 atom stereocenters. The van der Waals surface area contributed by atoms with E-state index in [1.165, 1.54) is 31.2 Å². The first-order valence-electron chi connectivity index (χ1n) is 27.3. The molecule has 0 spiro atoms. The van der Waals surface area contributed by atoms with Gasteiger partial charge in [0.1, 0.15) is 54.1 Å². The van der Waals surface area contributed by atoms with Crippen molar-refractivity contribution in [1.29, 1.82) is 0 Å². The average molecular weight is 1170 g/mol. The first-order valence-corrected chi connectivity index (χ1v) is 27.3. The monoisotopic (exact) mass is 1170 g/mol. The zero-order valence-electron chi connectivity index (χ0n) is 47.3. The average Bonchev–Trinajstić information content (AvgIpc) is 3.59. The summed E-state index contributed by atoms with van der Waals surface area (Å²) in [5, 5.41) is 90.1. The number of phenolic OH excluding ortho intramolecular Hbond substituents is 1. The van der Waals surface area contributed by atoms with Crippen LogP contribution in [0.4, 0.5) is 0 Å². The van der Waals surface area contributed by atoms with E-state index in [-0.39, 0.29) is 17.7 Å². The SMILES string of the molecule is C[C@@H](NC(=O)c1ccc(CN2CCCNCCNCCCNCC2)cc1)C(=O)N[C@@H](CO)C(=O)N[C@H](C(=O)N[C@H](C(=O)N[C@H](C(=O)N[C@@H](CC(N)=O)C(=O)N[C@@H](Cc1ccc(O)cc1)C(=O)N[C@H](C(N)=O)[C@@H](C)O)[C@@H](C)O)[C@@H](C)O)[C@@H](C)O. The second-order valence-corrected chi connectivity index (χ2v) is 20.3. The van der Waals surface area contributed by atoms with Crippen LogP contribution in [0.15, 0.2) is 48.5 Å². The minimum atomic E-state index is -2.02. The predicted molar refractivity (Wildman–Crippen MR) is 299 cm³/mol. The van der Waals surface area contributed by atoms with Gasteiger partial charge in [0, 0.05) is 44.7 Å². The van der Waals surface area contributed by atoms with Crippen molar-refractivity contribution in [2.45, 2.75) is 140 Å². The molecule has 30 nitrogen and oxygen atoms in total. The fraction of sp³-hybridized carbons (Fsp3) is 0.585. The molecule has 0 bridgehead atoms. The molecule has 1 heterocycles. The maximum Gasteiger partial charge on any atom is 0.251 e. The van der Waals surface area contributed by atoms with E-state index in [0.717, 1.165) is 98.5 Å². The molecule has 83 heavy (non-hydrogen) atoms. The maximum absolute atomic E-state index is 13.8. The van der Waals surface area contributed by atoms with Crippen LogP contribution in [0, 0.1) is 0 Å². The first kappa shape index (κ1) is 69.8. The van der Waals surface area contributed by atoms with E-state index >= 15 is 0 Å². The molecule has 2 aromatic carbocycles. The van der Waals surface area contributed by atoms with Gasteiger partial charge in [0.15, 0.2) is 0 Å². The van der Waals surface area contributed by atoms with Gasteiger partial charge in [0.2, 0.25) is 53.2 Å². The van der Waals surface area contributed by atoms with Crippen LogP contribution in [0.25, 0.3) is 0 Å².